The van der Waals surface area contributed by atoms with E-state index in [9.17, 15) is 9.59 Å². The van der Waals surface area contributed by atoms with Crippen molar-refractivity contribution >= 4 is 23.2 Å². The largest absolute Gasteiger partial charge is 0.372 e. The van der Waals surface area contributed by atoms with Crippen LogP contribution in [0.15, 0.2) is 24.3 Å². The van der Waals surface area contributed by atoms with Crippen LogP contribution in [-0.2, 0) is 9.59 Å². The van der Waals surface area contributed by atoms with Crippen molar-refractivity contribution in [3.63, 3.8) is 0 Å². The van der Waals surface area contributed by atoms with Crippen LogP contribution in [0.25, 0.3) is 0 Å². The SMILES string of the molecule is CCN(CC)c1ccc(NC(=O)C(C)NC(=O)C(C)(C)C)cc1. The van der Waals surface area contributed by atoms with Crippen LogP contribution in [0.5, 0.6) is 0 Å². The van der Waals surface area contributed by atoms with Gasteiger partial charge in [0.2, 0.25) is 11.8 Å². The van der Waals surface area contributed by atoms with Crippen molar-refractivity contribution in [1.29, 1.82) is 0 Å². The Balaban J connectivity index is 2.65. The van der Waals surface area contributed by atoms with E-state index < -0.39 is 11.5 Å². The minimum absolute atomic E-state index is 0.142. The predicted octanol–water partition coefficient (Wildman–Crippen LogP) is 3.02. The molecule has 0 aliphatic carbocycles. The molecule has 0 bridgehead atoms. The number of nitrogens with zero attached hydrogens (tertiary/aromatic N) is 1. The highest BCUT2D eigenvalue weighted by molar-refractivity contribution is 5.97. The minimum Gasteiger partial charge on any atom is -0.372 e. The van der Waals surface area contributed by atoms with E-state index in [-0.39, 0.29) is 11.8 Å². The van der Waals surface area contributed by atoms with Gasteiger partial charge in [-0.05, 0) is 45.0 Å². The Morgan fingerprint density at radius 3 is 2.04 bits per heavy atom. The Morgan fingerprint density at radius 2 is 1.61 bits per heavy atom. The van der Waals surface area contributed by atoms with Gasteiger partial charge in [0.1, 0.15) is 6.04 Å². The van der Waals surface area contributed by atoms with Gasteiger partial charge in [0.15, 0.2) is 0 Å². The molecule has 0 saturated heterocycles. The fourth-order valence-electron chi connectivity index (χ4n) is 2.07. The van der Waals surface area contributed by atoms with E-state index >= 15 is 0 Å². The number of rotatable bonds is 6. The third-order valence-corrected chi connectivity index (χ3v) is 3.69. The average Bonchev–Trinajstić information content (AvgIpc) is 2.49. The zero-order chi connectivity index (χ0) is 17.6. The van der Waals surface area contributed by atoms with Crippen molar-refractivity contribution < 1.29 is 9.59 Å². The maximum absolute atomic E-state index is 12.2. The Hall–Kier alpha value is -2.04. The molecular formula is C18H29N3O2. The molecule has 1 aromatic carbocycles. The van der Waals surface area contributed by atoms with Crippen LogP contribution in [0.3, 0.4) is 0 Å². The number of benzene rings is 1. The molecule has 128 valence electrons. The second kappa shape index (κ2) is 7.99. The van der Waals surface area contributed by atoms with Gasteiger partial charge >= 0.3 is 0 Å². The van der Waals surface area contributed by atoms with E-state index in [0.717, 1.165) is 24.5 Å². The van der Waals surface area contributed by atoms with Crippen molar-refractivity contribution in [2.24, 2.45) is 5.41 Å². The lowest BCUT2D eigenvalue weighted by molar-refractivity contribution is -0.131. The van der Waals surface area contributed by atoms with Gasteiger partial charge in [-0.1, -0.05) is 20.8 Å². The maximum Gasteiger partial charge on any atom is 0.246 e. The van der Waals surface area contributed by atoms with Crippen molar-refractivity contribution in [2.45, 2.75) is 47.6 Å². The number of carbonyl (C=O) groups is 2. The lowest BCUT2D eigenvalue weighted by atomic mass is 9.95. The normalized spacial score (nSPS) is 12.4. The predicted molar refractivity (Wildman–Crippen MR) is 95.7 cm³/mol. The molecular weight excluding hydrogens is 290 g/mol. The first kappa shape index (κ1) is 19.0. The van der Waals surface area contributed by atoms with Gasteiger partial charge in [0.05, 0.1) is 0 Å². The van der Waals surface area contributed by atoms with Gasteiger partial charge in [-0.25, -0.2) is 0 Å². The molecule has 0 aromatic heterocycles. The number of hydrogen-bond acceptors (Lipinski definition) is 3. The van der Waals surface area contributed by atoms with E-state index in [0.29, 0.717) is 0 Å². The van der Waals surface area contributed by atoms with Gasteiger partial charge in [0.25, 0.3) is 0 Å². The molecule has 5 nitrogen and oxygen atoms in total. The summed E-state index contributed by atoms with van der Waals surface area (Å²) in [6, 6.07) is 7.15. The Bertz CT molecular complexity index is 528. The summed E-state index contributed by atoms with van der Waals surface area (Å²) < 4.78 is 0. The Kier molecular flexibility index (Phi) is 6.61. The molecule has 0 heterocycles. The number of amides is 2. The summed E-state index contributed by atoms with van der Waals surface area (Å²) in [6.45, 7) is 13.2. The van der Waals surface area contributed by atoms with Gasteiger partial charge < -0.3 is 15.5 Å². The van der Waals surface area contributed by atoms with Crippen LogP contribution in [0.4, 0.5) is 11.4 Å². The molecule has 0 aliphatic heterocycles. The molecule has 1 atom stereocenters. The van der Waals surface area contributed by atoms with Crippen molar-refractivity contribution in [2.75, 3.05) is 23.3 Å². The van der Waals surface area contributed by atoms with E-state index in [1.165, 1.54) is 0 Å². The standard InChI is InChI=1S/C18H29N3O2/c1-7-21(8-2)15-11-9-14(10-12-15)20-16(22)13(3)19-17(23)18(4,5)6/h9-13H,7-8H2,1-6H3,(H,19,23)(H,20,22). The first-order valence-electron chi connectivity index (χ1n) is 8.15. The highest BCUT2D eigenvalue weighted by Gasteiger charge is 2.25. The highest BCUT2D eigenvalue weighted by atomic mass is 16.2. The summed E-state index contributed by atoms with van der Waals surface area (Å²) in [7, 11) is 0. The summed E-state index contributed by atoms with van der Waals surface area (Å²) in [5, 5.41) is 5.56. The summed E-state index contributed by atoms with van der Waals surface area (Å²) in [6.07, 6.45) is 0. The fraction of sp³-hybridized carbons (Fsp3) is 0.556. The third kappa shape index (κ3) is 5.58. The van der Waals surface area contributed by atoms with E-state index in [2.05, 4.69) is 29.4 Å². The van der Waals surface area contributed by atoms with Crippen LogP contribution in [0.2, 0.25) is 0 Å². The Morgan fingerprint density at radius 1 is 1.09 bits per heavy atom. The van der Waals surface area contributed by atoms with Crippen LogP contribution in [0.1, 0.15) is 41.5 Å². The number of anilines is 2. The molecule has 2 N–H and O–H groups in total. The second-order valence-electron chi connectivity index (χ2n) is 6.65. The molecule has 1 rings (SSSR count). The van der Waals surface area contributed by atoms with Crippen LogP contribution < -0.4 is 15.5 Å². The van der Waals surface area contributed by atoms with Crippen LogP contribution in [0, 0.1) is 5.41 Å². The molecule has 0 aliphatic rings. The monoisotopic (exact) mass is 319 g/mol. The van der Waals surface area contributed by atoms with E-state index in [1.807, 2.05) is 45.0 Å². The topological polar surface area (TPSA) is 61.4 Å². The number of carbonyl (C=O) groups excluding carboxylic acids is 2. The first-order chi connectivity index (χ1) is 10.7. The minimum atomic E-state index is -0.579. The van der Waals surface area contributed by atoms with Gasteiger partial charge in [-0.15, -0.1) is 0 Å². The third-order valence-electron chi connectivity index (χ3n) is 3.69. The molecule has 23 heavy (non-hydrogen) atoms. The van der Waals surface area contributed by atoms with Gasteiger partial charge in [-0.3, -0.25) is 9.59 Å². The summed E-state index contributed by atoms with van der Waals surface area (Å²) >= 11 is 0. The molecule has 0 saturated carbocycles. The smallest absolute Gasteiger partial charge is 0.246 e. The molecule has 2 amide bonds. The van der Waals surface area contributed by atoms with Crippen LogP contribution >= 0.6 is 0 Å². The maximum atomic E-state index is 12.2. The molecule has 0 fully saturated rings. The molecule has 1 unspecified atom stereocenters. The van der Waals surface area contributed by atoms with Crippen LogP contribution in [-0.4, -0.2) is 30.9 Å². The zero-order valence-corrected chi connectivity index (χ0v) is 15.1. The zero-order valence-electron chi connectivity index (χ0n) is 15.1. The van der Waals surface area contributed by atoms with Gasteiger partial charge in [-0.2, -0.15) is 0 Å². The van der Waals surface area contributed by atoms with Crippen molar-refractivity contribution in [3.05, 3.63) is 24.3 Å². The number of nitrogens with one attached hydrogen (secondary N) is 2. The molecule has 0 spiro atoms. The van der Waals surface area contributed by atoms with E-state index in [1.54, 1.807) is 6.92 Å². The Labute approximate surface area is 139 Å². The summed E-state index contributed by atoms with van der Waals surface area (Å²) in [5.41, 5.74) is 1.34. The number of hydrogen-bond donors (Lipinski definition) is 2. The average molecular weight is 319 g/mol. The first-order valence-corrected chi connectivity index (χ1v) is 8.15. The van der Waals surface area contributed by atoms with Crippen molar-refractivity contribution in [1.82, 2.24) is 5.32 Å². The quantitative estimate of drug-likeness (QED) is 0.847. The second-order valence-corrected chi connectivity index (χ2v) is 6.65. The summed E-state index contributed by atoms with van der Waals surface area (Å²) in [4.78, 5) is 26.3. The van der Waals surface area contributed by atoms with Gasteiger partial charge in [0, 0.05) is 29.9 Å². The molecule has 1 aromatic rings. The fourth-order valence-corrected chi connectivity index (χ4v) is 2.07. The summed E-state index contributed by atoms with van der Waals surface area (Å²) in [5.74, 6) is -0.366. The highest BCUT2D eigenvalue weighted by Crippen LogP contribution is 2.18. The van der Waals surface area contributed by atoms with Crippen molar-refractivity contribution in [3.8, 4) is 0 Å². The van der Waals surface area contributed by atoms with E-state index in [4.69, 9.17) is 0 Å². The lowest BCUT2D eigenvalue weighted by Gasteiger charge is -2.22. The molecule has 0 radical (unpaired) electrons. The lowest BCUT2D eigenvalue weighted by Crippen LogP contribution is -2.46. The molecule has 5 heteroatoms.